The van der Waals surface area contributed by atoms with Crippen molar-refractivity contribution in [2.24, 2.45) is 5.92 Å². The highest BCUT2D eigenvalue weighted by molar-refractivity contribution is 6.12. The number of amides is 2. The van der Waals surface area contributed by atoms with E-state index in [4.69, 9.17) is 4.74 Å². The number of nitrogens with zero attached hydrogens (tertiary/aromatic N) is 1. The third kappa shape index (κ3) is 1.57. The van der Waals surface area contributed by atoms with Gasteiger partial charge in [-0.15, -0.1) is 0 Å². The first-order chi connectivity index (χ1) is 6.68. The van der Waals surface area contributed by atoms with Gasteiger partial charge in [0.2, 0.25) is 0 Å². The van der Waals surface area contributed by atoms with Crippen LogP contribution in [0.25, 0.3) is 0 Å². The Morgan fingerprint density at radius 1 is 1.43 bits per heavy atom. The fourth-order valence-corrected chi connectivity index (χ4v) is 1.86. The minimum Gasteiger partial charge on any atom is -0.378 e. The molecule has 0 aliphatic carbocycles. The lowest BCUT2D eigenvalue weighted by molar-refractivity contribution is -0.137. The maximum absolute atomic E-state index is 11.3. The fourth-order valence-electron chi connectivity index (χ4n) is 1.86. The summed E-state index contributed by atoms with van der Waals surface area (Å²) < 4.78 is 5.38. The molecule has 0 aromatic rings. The molecule has 4 nitrogen and oxygen atoms in total. The SMILES string of the molecule is CC1OCCC1CN1C(=O)C=CC1=O. The van der Waals surface area contributed by atoms with Crippen LogP contribution in [0.5, 0.6) is 0 Å². The normalized spacial score (nSPS) is 31.9. The summed E-state index contributed by atoms with van der Waals surface area (Å²) in [6.07, 6.45) is 3.72. The van der Waals surface area contributed by atoms with Gasteiger partial charge >= 0.3 is 0 Å². The molecule has 76 valence electrons. The van der Waals surface area contributed by atoms with Crippen molar-refractivity contribution in [3.8, 4) is 0 Å². The van der Waals surface area contributed by atoms with E-state index in [1.807, 2.05) is 6.92 Å². The quantitative estimate of drug-likeness (QED) is 0.597. The third-order valence-electron chi connectivity index (χ3n) is 2.85. The number of hydrogen-bond acceptors (Lipinski definition) is 3. The van der Waals surface area contributed by atoms with Crippen LogP contribution in [-0.4, -0.2) is 36.0 Å². The van der Waals surface area contributed by atoms with Crippen LogP contribution in [0, 0.1) is 5.92 Å². The third-order valence-corrected chi connectivity index (χ3v) is 2.85. The van der Waals surface area contributed by atoms with Crippen LogP contribution in [0.2, 0.25) is 0 Å². The van der Waals surface area contributed by atoms with E-state index in [9.17, 15) is 9.59 Å². The second-order valence-electron chi connectivity index (χ2n) is 3.75. The average molecular weight is 195 g/mol. The molecular weight excluding hydrogens is 182 g/mol. The number of carbonyl (C=O) groups is 2. The molecule has 2 rings (SSSR count). The molecule has 0 spiro atoms. The van der Waals surface area contributed by atoms with E-state index < -0.39 is 0 Å². The maximum Gasteiger partial charge on any atom is 0.253 e. The lowest BCUT2D eigenvalue weighted by atomic mass is 10.0. The summed E-state index contributed by atoms with van der Waals surface area (Å²) in [4.78, 5) is 23.8. The van der Waals surface area contributed by atoms with Crippen LogP contribution in [-0.2, 0) is 14.3 Å². The molecule has 0 N–H and O–H groups in total. The number of hydrogen-bond donors (Lipinski definition) is 0. The van der Waals surface area contributed by atoms with Crippen LogP contribution in [0.1, 0.15) is 13.3 Å². The minimum atomic E-state index is -0.200. The minimum absolute atomic E-state index is 0.149. The molecule has 0 saturated carbocycles. The van der Waals surface area contributed by atoms with Gasteiger partial charge in [0.05, 0.1) is 6.10 Å². The number of rotatable bonds is 2. The van der Waals surface area contributed by atoms with Gasteiger partial charge in [-0.05, 0) is 13.3 Å². The lowest BCUT2D eigenvalue weighted by Gasteiger charge is -2.20. The molecule has 2 amide bonds. The Kier molecular flexibility index (Phi) is 2.37. The highest BCUT2D eigenvalue weighted by Gasteiger charge is 2.31. The van der Waals surface area contributed by atoms with Gasteiger partial charge in [0.25, 0.3) is 11.8 Å². The van der Waals surface area contributed by atoms with Gasteiger partial charge in [-0.2, -0.15) is 0 Å². The van der Waals surface area contributed by atoms with Gasteiger partial charge in [0.15, 0.2) is 0 Å². The van der Waals surface area contributed by atoms with Crippen molar-refractivity contribution in [3.63, 3.8) is 0 Å². The van der Waals surface area contributed by atoms with Crippen LogP contribution in [0.3, 0.4) is 0 Å². The van der Waals surface area contributed by atoms with Gasteiger partial charge in [0.1, 0.15) is 0 Å². The van der Waals surface area contributed by atoms with Crippen molar-refractivity contribution in [1.29, 1.82) is 0 Å². The van der Waals surface area contributed by atoms with Crippen LogP contribution in [0.15, 0.2) is 12.2 Å². The van der Waals surface area contributed by atoms with Crippen LogP contribution < -0.4 is 0 Å². The van der Waals surface area contributed by atoms with E-state index >= 15 is 0 Å². The molecule has 1 fully saturated rings. The van der Waals surface area contributed by atoms with Gasteiger partial charge in [0, 0.05) is 31.2 Å². The molecule has 0 aromatic heterocycles. The van der Waals surface area contributed by atoms with E-state index in [1.54, 1.807) is 0 Å². The zero-order valence-electron chi connectivity index (χ0n) is 8.10. The van der Waals surface area contributed by atoms with Crippen molar-refractivity contribution in [2.45, 2.75) is 19.4 Å². The van der Waals surface area contributed by atoms with Gasteiger partial charge in [-0.1, -0.05) is 0 Å². The molecule has 4 heteroatoms. The van der Waals surface area contributed by atoms with Crippen molar-refractivity contribution >= 4 is 11.8 Å². The summed E-state index contributed by atoms with van der Waals surface area (Å²) >= 11 is 0. The van der Waals surface area contributed by atoms with Crippen molar-refractivity contribution in [1.82, 2.24) is 4.90 Å². The zero-order valence-corrected chi connectivity index (χ0v) is 8.10. The molecule has 14 heavy (non-hydrogen) atoms. The monoisotopic (exact) mass is 195 g/mol. The molecule has 1 saturated heterocycles. The molecule has 2 atom stereocenters. The summed E-state index contributed by atoms with van der Waals surface area (Å²) in [7, 11) is 0. The summed E-state index contributed by atoms with van der Waals surface area (Å²) in [6.45, 7) is 3.21. The molecule has 0 radical (unpaired) electrons. The standard InChI is InChI=1S/C10H13NO3/c1-7-8(4-5-14-7)6-11-9(12)2-3-10(11)13/h2-3,7-8H,4-6H2,1H3. The summed E-state index contributed by atoms with van der Waals surface area (Å²) in [5.74, 6) is -0.106. The smallest absolute Gasteiger partial charge is 0.253 e. The summed E-state index contributed by atoms with van der Waals surface area (Å²) in [6, 6.07) is 0. The molecule has 0 bridgehead atoms. The lowest BCUT2D eigenvalue weighted by Crippen LogP contribution is -2.36. The Morgan fingerprint density at radius 2 is 2.07 bits per heavy atom. The van der Waals surface area contributed by atoms with Gasteiger partial charge < -0.3 is 4.74 Å². The summed E-state index contributed by atoms with van der Waals surface area (Å²) in [5.41, 5.74) is 0. The highest BCUT2D eigenvalue weighted by atomic mass is 16.5. The van der Waals surface area contributed by atoms with E-state index in [2.05, 4.69) is 0 Å². The van der Waals surface area contributed by atoms with Crippen molar-refractivity contribution < 1.29 is 14.3 Å². The van der Waals surface area contributed by atoms with Gasteiger partial charge in [-0.3, -0.25) is 14.5 Å². The first-order valence-electron chi connectivity index (χ1n) is 4.83. The largest absolute Gasteiger partial charge is 0.378 e. The number of carbonyl (C=O) groups excluding carboxylic acids is 2. The van der Waals surface area contributed by atoms with E-state index in [1.165, 1.54) is 17.1 Å². The zero-order chi connectivity index (χ0) is 10.1. The molecule has 2 aliphatic heterocycles. The number of ether oxygens (including phenoxy) is 1. The Hall–Kier alpha value is -1.16. The van der Waals surface area contributed by atoms with Crippen molar-refractivity contribution in [3.05, 3.63) is 12.2 Å². The Morgan fingerprint density at radius 3 is 2.57 bits per heavy atom. The highest BCUT2D eigenvalue weighted by Crippen LogP contribution is 2.22. The fraction of sp³-hybridized carbons (Fsp3) is 0.600. The predicted molar refractivity (Wildman–Crippen MR) is 49.4 cm³/mol. The second-order valence-corrected chi connectivity index (χ2v) is 3.75. The topological polar surface area (TPSA) is 46.6 Å². The summed E-state index contributed by atoms with van der Waals surface area (Å²) in [5, 5.41) is 0. The van der Waals surface area contributed by atoms with E-state index in [-0.39, 0.29) is 17.9 Å². The Labute approximate surface area is 82.5 Å². The maximum atomic E-state index is 11.3. The predicted octanol–water partition coefficient (Wildman–Crippen LogP) is 0.336. The molecular formula is C10H13NO3. The Bertz CT molecular complexity index is 280. The van der Waals surface area contributed by atoms with E-state index in [0.717, 1.165) is 13.0 Å². The molecule has 2 heterocycles. The van der Waals surface area contributed by atoms with E-state index in [0.29, 0.717) is 12.5 Å². The van der Waals surface area contributed by atoms with Crippen LogP contribution in [0.4, 0.5) is 0 Å². The Balaban J connectivity index is 1.97. The van der Waals surface area contributed by atoms with Crippen molar-refractivity contribution in [2.75, 3.05) is 13.2 Å². The molecule has 0 aromatic carbocycles. The van der Waals surface area contributed by atoms with Crippen LogP contribution >= 0.6 is 0 Å². The molecule has 2 aliphatic rings. The molecule has 2 unspecified atom stereocenters. The number of imide groups is 1. The average Bonchev–Trinajstić information content (AvgIpc) is 2.67. The first kappa shape index (κ1) is 9.40. The first-order valence-corrected chi connectivity index (χ1v) is 4.83. The second kappa shape index (κ2) is 3.53. The van der Waals surface area contributed by atoms with Gasteiger partial charge in [-0.25, -0.2) is 0 Å².